The molecule has 8 nitrogen and oxygen atoms in total. The third kappa shape index (κ3) is 6.00. The van der Waals surface area contributed by atoms with E-state index >= 15 is 0 Å². The largest absolute Gasteiger partial charge is 0.494 e. The molecule has 1 heterocycles. The van der Waals surface area contributed by atoms with Crippen molar-refractivity contribution >= 4 is 53.0 Å². The first-order valence-corrected chi connectivity index (χ1v) is 13.7. The number of amides is 1. The van der Waals surface area contributed by atoms with Crippen molar-refractivity contribution in [2.24, 2.45) is 0 Å². The number of hydrogen-bond donors (Lipinski definition) is 2. The molecule has 210 valence electrons. The summed E-state index contributed by atoms with van der Waals surface area (Å²) in [7, 11) is 3.03. The number of fused-ring (bicyclic) bond motifs is 2. The van der Waals surface area contributed by atoms with Gasteiger partial charge in [-0.05, 0) is 53.4 Å². The summed E-state index contributed by atoms with van der Waals surface area (Å²) < 4.78 is 24.0. The Labute approximate surface area is 244 Å². The van der Waals surface area contributed by atoms with Gasteiger partial charge in [0, 0.05) is 34.9 Å². The molecule has 0 saturated heterocycles. The molecule has 0 bridgehead atoms. The number of carbonyl (C=O) groups excluding carboxylic acids is 2. The zero-order valence-corrected chi connectivity index (χ0v) is 23.8. The van der Waals surface area contributed by atoms with Gasteiger partial charge in [-0.15, -0.1) is 0 Å². The average Bonchev–Trinajstić information content (AvgIpc) is 3.01. The zero-order valence-electron chi connectivity index (χ0n) is 22.9. The van der Waals surface area contributed by atoms with E-state index in [2.05, 4.69) is 18.2 Å². The predicted octanol–water partition coefficient (Wildman–Crippen LogP) is 6.32. The van der Waals surface area contributed by atoms with E-state index in [1.165, 1.54) is 19.0 Å². The van der Waals surface area contributed by atoms with E-state index in [0.29, 0.717) is 60.6 Å². The van der Waals surface area contributed by atoms with Crippen LogP contribution in [0.3, 0.4) is 0 Å². The highest BCUT2D eigenvalue weighted by molar-refractivity contribution is 7.74. The van der Waals surface area contributed by atoms with E-state index in [0.717, 1.165) is 27.8 Å². The van der Waals surface area contributed by atoms with Crippen LogP contribution in [-0.2, 0) is 15.5 Å². The predicted molar refractivity (Wildman–Crippen MR) is 161 cm³/mol. The Kier molecular flexibility index (Phi) is 8.74. The van der Waals surface area contributed by atoms with E-state index in [-0.39, 0.29) is 11.7 Å². The normalized spacial score (nSPS) is 12.9. The number of benzene rings is 4. The van der Waals surface area contributed by atoms with Gasteiger partial charge in [-0.25, -0.2) is 0 Å². The lowest BCUT2D eigenvalue weighted by Crippen LogP contribution is -2.18. The Morgan fingerprint density at radius 2 is 1.83 bits per heavy atom. The number of hydrogen-bond acceptors (Lipinski definition) is 7. The number of carbonyl (C=O) groups is 2. The summed E-state index contributed by atoms with van der Waals surface area (Å²) in [6.07, 6.45) is 4.25. The van der Waals surface area contributed by atoms with Crippen LogP contribution in [0.25, 0.3) is 10.8 Å². The zero-order chi connectivity index (χ0) is 28.8. The Morgan fingerprint density at radius 3 is 2.63 bits per heavy atom. The Hall–Kier alpha value is -4.50. The number of rotatable bonds is 11. The van der Waals surface area contributed by atoms with Crippen LogP contribution in [0.15, 0.2) is 72.8 Å². The monoisotopic (exact) mass is 571 g/mol. The number of nitrogens with zero attached hydrogens (tertiary/aromatic N) is 1. The van der Waals surface area contributed by atoms with Gasteiger partial charge in [0.25, 0.3) is 5.69 Å². The maximum atomic E-state index is 14.1. The van der Waals surface area contributed by atoms with Crippen LogP contribution in [-0.4, -0.2) is 43.5 Å². The molecule has 4 aromatic rings. The quantitative estimate of drug-likeness (QED) is 0.0417. The second kappa shape index (κ2) is 12.8. The fourth-order valence-corrected chi connectivity index (χ4v) is 5.14. The Bertz CT molecular complexity index is 1630. The molecule has 0 spiro atoms. The van der Waals surface area contributed by atoms with Crippen molar-refractivity contribution in [2.45, 2.75) is 25.7 Å². The summed E-state index contributed by atoms with van der Waals surface area (Å²) in [5, 5.41) is 4.67. The van der Waals surface area contributed by atoms with E-state index in [4.69, 9.17) is 18.5 Å². The second-order valence-corrected chi connectivity index (χ2v) is 9.66. The highest BCUT2D eigenvalue weighted by Gasteiger charge is 2.31. The number of methoxy groups -OCH3 is 2. The van der Waals surface area contributed by atoms with Gasteiger partial charge in [-0.1, -0.05) is 42.5 Å². The fourth-order valence-electron chi connectivity index (χ4n) is 4.98. The van der Waals surface area contributed by atoms with Gasteiger partial charge in [0.1, 0.15) is 24.2 Å². The third-order valence-corrected chi connectivity index (χ3v) is 7.17. The van der Waals surface area contributed by atoms with Gasteiger partial charge in [0.15, 0.2) is 11.5 Å². The molecule has 1 aliphatic rings. The van der Waals surface area contributed by atoms with Crippen LogP contribution in [0.2, 0.25) is 0 Å². The van der Waals surface area contributed by atoms with Crippen molar-refractivity contribution in [2.75, 3.05) is 26.1 Å². The summed E-state index contributed by atoms with van der Waals surface area (Å²) in [6.45, 7) is 0.468. The number of anilines is 1. The lowest BCUT2D eigenvalue weighted by atomic mass is 9.95. The van der Waals surface area contributed by atoms with Crippen molar-refractivity contribution in [1.29, 1.82) is 0 Å². The lowest BCUT2D eigenvalue weighted by Gasteiger charge is -2.17. The van der Waals surface area contributed by atoms with Crippen LogP contribution in [0.4, 0.5) is 11.4 Å². The topological polar surface area (TPSA) is 86.1 Å². The van der Waals surface area contributed by atoms with E-state index < -0.39 is 0 Å². The highest BCUT2D eigenvalue weighted by atomic mass is 32.1. The van der Waals surface area contributed by atoms with Crippen molar-refractivity contribution in [3.05, 3.63) is 89.5 Å². The minimum absolute atomic E-state index is 0.0362. The third-order valence-electron chi connectivity index (χ3n) is 6.99. The standard InChI is InChI=1S/C32H30N2O6S/c1-37-28-16-15-27(30(32(28)38-2)31(36)25-11-7-9-21-8-3-4-10-24(21)25)34(40-41)18-5-6-19-39-23-13-14-26-22(20-23)12-17-29(35)33-26/h3-4,7-11,13-16,18,20H,5-6,12,17,19H2,1-2H3,(H-,33,35,41)/p+1. The summed E-state index contributed by atoms with van der Waals surface area (Å²) in [5.41, 5.74) is 3.21. The van der Waals surface area contributed by atoms with Gasteiger partial charge >= 0.3 is 0 Å². The summed E-state index contributed by atoms with van der Waals surface area (Å²) in [5.74, 6) is 1.29. The smallest absolute Gasteiger partial charge is 0.273 e. The molecule has 0 aliphatic carbocycles. The van der Waals surface area contributed by atoms with Gasteiger partial charge in [-0.2, -0.15) is 4.28 Å². The first-order valence-electron chi connectivity index (χ1n) is 13.3. The van der Waals surface area contributed by atoms with Crippen LogP contribution in [0.1, 0.15) is 40.7 Å². The first-order chi connectivity index (χ1) is 20.0. The van der Waals surface area contributed by atoms with Crippen molar-refractivity contribution in [3.63, 3.8) is 0 Å². The molecule has 0 fully saturated rings. The SMILES string of the molecule is COc1ccc([N+](=CCCCOc2ccc3c(c2)CCC(=O)N3)OS)c(C(=O)c2cccc3ccccc23)c1OC. The van der Waals surface area contributed by atoms with Gasteiger partial charge in [-0.3, -0.25) is 9.59 Å². The molecule has 1 aliphatic heterocycles. The second-order valence-electron chi connectivity index (χ2n) is 9.50. The molecule has 0 atom stereocenters. The molecule has 41 heavy (non-hydrogen) atoms. The van der Waals surface area contributed by atoms with Crippen LogP contribution < -0.4 is 19.5 Å². The maximum absolute atomic E-state index is 14.1. The Balaban J connectivity index is 1.37. The molecule has 4 aromatic carbocycles. The Morgan fingerprint density at radius 1 is 1.00 bits per heavy atom. The van der Waals surface area contributed by atoms with Gasteiger partial charge in [0.05, 0.1) is 20.8 Å². The number of nitrogens with one attached hydrogen (secondary N) is 1. The number of ether oxygens (including phenoxy) is 3. The molecular formula is C32H31N2O6S+. The molecule has 1 amide bonds. The number of aryl methyl sites for hydroxylation is 1. The number of ketones is 1. The van der Waals surface area contributed by atoms with Crippen LogP contribution in [0, 0.1) is 0 Å². The van der Waals surface area contributed by atoms with E-state index in [9.17, 15) is 9.59 Å². The minimum atomic E-state index is -0.233. The van der Waals surface area contributed by atoms with Gasteiger partial charge in [0.2, 0.25) is 17.9 Å². The molecule has 0 unspecified atom stereocenters. The van der Waals surface area contributed by atoms with Crippen LogP contribution in [0.5, 0.6) is 17.2 Å². The molecule has 1 N–H and O–H groups in total. The van der Waals surface area contributed by atoms with Crippen molar-refractivity contribution in [1.82, 2.24) is 0 Å². The fraction of sp³-hybridized carbons (Fsp3) is 0.219. The van der Waals surface area contributed by atoms with E-state index in [1.807, 2.05) is 54.6 Å². The van der Waals surface area contributed by atoms with E-state index in [1.54, 1.807) is 24.4 Å². The molecule has 0 radical (unpaired) electrons. The molecule has 9 heteroatoms. The van der Waals surface area contributed by atoms with Crippen LogP contribution >= 0.6 is 12.9 Å². The lowest BCUT2D eigenvalue weighted by molar-refractivity contribution is -0.672. The van der Waals surface area contributed by atoms with Crippen molar-refractivity contribution in [3.8, 4) is 17.2 Å². The molecule has 5 rings (SSSR count). The summed E-state index contributed by atoms with van der Waals surface area (Å²) in [6, 6.07) is 22.5. The number of thiol groups is 1. The summed E-state index contributed by atoms with van der Waals surface area (Å²) >= 11 is 4.09. The summed E-state index contributed by atoms with van der Waals surface area (Å²) in [4.78, 5) is 25.7. The average molecular weight is 572 g/mol. The highest BCUT2D eigenvalue weighted by Crippen LogP contribution is 2.40. The minimum Gasteiger partial charge on any atom is -0.494 e. The maximum Gasteiger partial charge on any atom is 0.273 e. The van der Waals surface area contributed by atoms with Gasteiger partial charge < -0.3 is 19.5 Å². The first kappa shape index (κ1) is 28.0. The van der Waals surface area contributed by atoms with Crippen molar-refractivity contribution < 1.29 is 32.8 Å². The molecule has 0 aromatic heterocycles. The number of unbranched alkanes of at least 4 members (excludes halogenated alkanes) is 1. The molecule has 0 saturated carbocycles. The molecular weight excluding hydrogens is 540 g/mol.